The smallest absolute Gasteiger partial charge is 0.161 e. The molecule has 110 valence electrons. The number of rotatable bonds is 4. The summed E-state index contributed by atoms with van der Waals surface area (Å²) in [6, 6.07) is 6.51. The highest BCUT2D eigenvalue weighted by Gasteiger charge is 2.25. The molecule has 2 nitrogen and oxygen atoms in total. The van der Waals surface area contributed by atoms with Gasteiger partial charge < -0.3 is 4.90 Å². The van der Waals surface area contributed by atoms with E-state index in [1.165, 1.54) is 32.1 Å². The predicted molar refractivity (Wildman–Crippen MR) is 88.6 cm³/mol. The Kier molecular flexibility index (Phi) is 5.25. The van der Waals surface area contributed by atoms with Crippen molar-refractivity contribution >= 4 is 27.4 Å². The van der Waals surface area contributed by atoms with Gasteiger partial charge in [-0.15, -0.1) is 0 Å². The van der Waals surface area contributed by atoms with Gasteiger partial charge in [0.1, 0.15) is 0 Å². The van der Waals surface area contributed by atoms with Gasteiger partial charge in [-0.05, 0) is 56.7 Å². The molecule has 0 N–H and O–H groups in total. The number of carbonyl (C=O) groups excluding carboxylic acids is 1. The van der Waals surface area contributed by atoms with E-state index in [1.807, 2.05) is 12.1 Å². The van der Waals surface area contributed by atoms with Crippen LogP contribution in [0.5, 0.6) is 0 Å². The van der Waals surface area contributed by atoms with E-state index in [0.29, 0.717) is 6.04 Å². The summed E-state index contributed by atoms with van der Waals surface area (Å²) in [5.41, 5.74) is 1.89. The first-order valence-electron chi connectivity index (χ1n) is 7.56. The zero-order valence-electron chi connectivity index (χ0n) is 12.7. The van der Waals surface area contributed by atoms with Crippen LogP contribution in [0.2, 0.25) is 0 Å². The number of nitrogens with zero attached hydrogens (tertiary/aromatic N) is 1. The molecule has 0 amide bonds. The molecule has 0 saturated heterocycles. The summed E-state index contributed by atoms with van der Waals surface area (Å²) in [6.07, 6.45) is 6.40. The number of ketones is 1. The van der Waals surface area contributed by atoms with Crippen LogP contribution < -0.4 is 4.90 Å². The summed E-state index contributed by atoms with van der Waals surface area (Å²) < 4.78 is 1.03. The van der Waals surface area contributed by atoms with Crippen LogP contribution in [0.4, 0.5) is 5.69 Å². The average molecular weight is 338 g/mol. The molecule has 1 aromatic rings. The largest absolute Gasteiger partial charge is 0.371 e. The highest BCUT2D eigenvalue weighted by atomic mass is 79.9. The van der Waals surface area contributed by atoms with Crippen LogP contribution >= 0.6 is 15.9 Å². The number of benzene rings is 1. The van der Waals surface area contributed by atoms with E-state index >= 15 is 0 Å². The molecule has 1 aliphatic rings. The maximum atomic E-state index is 11.8. The van der Waals surface area contributed by atoms with Gasteiger partial charge in [-0.2, -0.15) is 0 Å². The van der Waals surface area contributed by atoms with Crippen molar-refractivity contribution in [3.05, 3.63) is 28.2 Å². The molecule has 1 fully saturated rings. The van der Waals surface area contributed by atoms with Gasteiger partial charge >= 0.3 is 0 Å². The van der Waals surface area contributed by atoms with Gasteiger partial charge in [-0.3, -0.25) is 4.79 Å². The number of halogens is 1. The number of hydrogen-bond acceptors (Lipinski definition) is 2. The lowest BCUT2D eigenvalue weighted by atomic mass is 9.84. The Morgan fingerprint density at radius 2 is 1.95 bits per heavy atom. The Morgan fingerprint density at radius 1 is 1.30 bits per heavy atom. The van der Waals surface area contributed by atoms with Crippen molar-refractivity contribution in [2.24, 2.45) is 5.92 Å². The lowest BCUT2D eigenvalue weighted by Gasteiger charge is -2.36. The molecule has 0 heterocycles. The molecule has 1 aliphatic carbocycles. The van der Waals surface area contributed by atoms with Gasteiger partial charge in [-0.1, -0.05) is 29.3 Å². The molecule has 0 aliphatic heterocycles. The van der Waals surface area contributed by atoms with Crippen LogP contribution in [0.25, 0.3) is 0 Å². The molecule has 20 heavy (non-hydrogen) atoms. The van der Waals surface area contributed by atoms with Crippen LogP contribution in [-0.4, -0.2) is 18.9 Å². The van der Waals surface area contributed by atoms with Crippen molar-refractivity contribution in [2.75, 3.05) is 11.9 Å². The highest BCUT2D eigenvalue weighted by molar-refractivity contribution is 9.10. The summed E-state index contributed by atoms with van der Waals surface area (Å²) in [6.45, 7) is 3.94. The molecular weight excluding hydrogens is 314 g/mol. The van der Waals surface area contributed by atoms with E-state index in [-0.39, 0.29) is 5.78 Å². The second-order valence-corrected chi connectivity index (χ2v) is 6.83. The molecule has 0 aromatic heterocycles. The maximum absolute atomic E-state index is 11.8. The molecular formula is C17H24BrNO. The Morgan fingerprint density at radius 3 is 2.50 bits per heavy atom. The SMILES string of the molecule is CCC1CCC(N(C)c2cc(Br)ccc2C(C)=O)CC1. The second-order valence-electron chi connectivity index (χ2n) is 5.91. The summed E-state index contributed by atoms with van der Waals surface area (Å²) in [5.74, 6) is 1.04. The van der Waals surface area contributed by atoms with Crippen LogP contribution in [0, 0.1) is 5.92 Å². The van der Waals surface area contributed by atoms with Crippen molar-refractivity contribution in [2.45, 2.75) is 52.0 Å². The van der Waals surface area contributed by atoms with Crippen molar-refractivity contribution < 1.29 is 4.79 Å². The number of carbonyl (C=O) groups is 1. The molecule has 1 aromatic carbocycles. The van der Waals surface area contributed by atoms with Gasteiger partial charge in [0.05, 0.1) is 0 Å². The lowest BCUT2D eigenvalue weighted by Crippen LogP contribution is -2.35. The van der Waals surface area contributed by atoms with E-state index in [2.05, 4.69) is 40.9 Å². The molecule has 2 rings (SSSR count). The van der Waals surface area contributed by atoms with Crippen molar-refractivity contribution in [1.29, 1.82) is 0 Å². The van der Waals surface area contributed by atoms with E-state index in [9.17, 15) is 4.79 Å². The van der Waals surface area contributed by atoms with Crippen molar-refractivity contribution in [1.82, 2.24) is 0 Å². The summed E-state index contributed by atoms with van der Waals surface area (Å²) in [5, 5.41) is 0. The molecule has 0 radical (unpaired) electrons. The van der Waals surface area contributed by atoms with E-state index in [1.54, 1.807) is 6.92 Å². The van der Waals surface area contributed by atoms with Gasteiger partial charge in [-0.25, -0.2) is 0 Å². The number of anilines is 1. The van der Waals surface area contributed by atoms with Crippen LogP contribution in [0.15, 0.2) is 22.7 Å². The predicted octanol–water partition coefficient (Wildman–Crippen LogP) is 5.06. The lowest BCUT2D eigenvalue weighted by molar-refractivity contribution is 0.101. The summed E-state index contributed by atoms with van der Waals surface area (Å²) >= 11 is 3.52. The third-order valence-corrected chi connectivity index (χ3v) is 5.15. The molecule has 0 unspecified atom stereocenters. The van der Waals surface area contributed by atoms with Crippen molar-refractivity contribution in [3.63, 3.8) is 0 Å². The van der Waals surface area contributed by atoms with Crippen LogP contribution in [0.3, 0.4) is 0 Å². The second kappa shape index (κ2) is 6.75. The molecule has 0 bridgehead atoms. The third kappa shape index (κ3) is 3.43. The average Bonchev–Trinajstić information content (AvgIpc) is 2.46. The molecule has 0 atom stereocenters. The minimum Gasteiger partial charge on any atom is -0.371 e. The first-order chi connectivity index (χ1) is 9.52. The number of Topliss-reactive ketones (excluding diaryl/α,β-unsaturated/α-hetero) is 1. The van der Waals surface area contributed by atoms with Gasteiger partial charge in [0, 0.05) is 28.8 Å². The van der Waals surface area contributed by atoms with Gasteiger partial charge in [0.2, 0.25) is 0 Å². The van der Waals surface area contributed by atoms with E-state index in [0.717, 1.165) is 21.6 Å². The zero-order chi connectivity index (χ0) is 14.7. The number of hydrogen-bond donors (Lipinski definition) is 0. The molecule has 1 saturated carbocycles. The Labute approximate surface area is 130 Å². The Bertz CT molecular complexity index is 478. The summed E-state index contributed by atoms with van der Waals surface area (Å²) in [4.78, 5) is 14.1. The minimum absolute atomic E-state index is 0.140. The standard InChI is InChI=1S/C17H24BrNO/c1-4-13-5-8-15(9-6-13)19(3)17-11-14(18)7-10-16(17)12(2)20/h7,10-11,13,15H,4-6,8-9H2,1-3H3. The van der Waals surface area contributed by atoms with Crippen LogP contribution in [-0.2, 0) is 0 Å². The van der Waals surface area contributed by atoms with Gasteiger partial charge in [0.25, 0.3) is 0 Å². The third-order valence-electron chi connectivity index (χ3n) is 4.66. The molecule has 0 spiro atoms. The minimum atomic E-state index is 0.140. The fraction of sp³-hybridized carbons (Fsp3) is 0.588. The normalized spacial score (nSPS) is 22.6. The first kappa shape index (κ1) is 15.6. The zero-order valence-corrected chi connectivity index (χ0v) is 14.2. The fourth-order valence-electron chi connectivity index (χ4n) is 3.23. The van der Waals surface area contributed by atoms with E-state index in [4.69, 9.17) is 0 Å². The molecule has 3 heteroatoms. The van der Waals surface area contributed by atoms with Crippen LogP contribution in [0.1, 0.15) is 56.3 Å². The first-order valence-corrected chi connectivity index (χ1v) is 8.35. The van der Waals surface area contributed by atoms with Gasteiger partial charge in [0.15, 0.2) is 5.78 Å². The quantitative estimate of drug-likeness (QED) is 0.716. The monoisotopic (exact) mass is 337 g/mol. The Balaban J connectivity index is 2.18. The maximum Gasteiger partial charge on any atom is 0.161 e. The topological polar surface area (TPSA) is 20.3 Å². The van der Waals surface area contributed by atoms with Crippen molar-refractivity contribution in [3.8, 4) is 0 Å². The van der Waals surface area contributed by atoms with E-state index < -0.39 is 0 Å². The highest BCUT2D eigenvalue weighted by Crippen LogP contribution is 2.33. The summed E-state index contributed by atoms with van der Waals surface area (Å²) in [7, 11) is 2.13. The fourth-order valence-corrected chi connectivity index (χ4v) is 3.58. The Hall–Kier alpha value is -0.830.